The zero-order valence-corrected chi connectivity index (χ0v) is 9.34. The fraction of sp³-hybridized carbons (Fsp3) is 0.364. The maximum Gasteiger partial charge on any atom is 0.315 e. The molecule has 1 rings (SSSR count). The number of nitrogens with one attached hydrogen (secondary N) is 1. The minimum Gasteiger partial charge on any atom is -0.496 e. The van der Waals surface area contributed by atoms with Gasteiger partial charge in [0.2, 0.25) is 0 Å². The number of hydrogen-bond donors (Lipinski definition) is 1. The topological polar surface area (TPSA) is 38.3 Å². The van der Waals surface area contributed by atoms with Gasteiger partial charge in [-0.3, -0.25) is 4.79 Å². The molecular weight excluding hydrogens is 235 g/mol. The van der Waals surface area contributed by atoms with Crippen LogP contribution in [0.15, 0.2) is 18.2 Å². The molecule has 1 atom stereocenters. The highest BCUT2D eigenvalue weighted by Gasteiger charge is 2.20. The predicted molar refractivity (Wildman–Crippen MR) is 55.5 cm³/mol. The Morgan fingerprint density at radius 1 is 1.41 bits per heavy atom. The first-order valence-corrected chi connectivity index (χ1v) is 4.87. The van der Waals surface area contributed by atoms with Crippen molar-refractivity contribution in [2.75, 3.05) is 7.11 Å². The molecule has 94 valence electrons. The van der Waals surface area contributed by atoms with E-state index in [9.17, 15) is 18.0 Å². The Labute approximate surface area is 96.6 Å². The summed E-state index contributed by atoms with van der Waals surface area (Å²) in [6, 6.07) is 2.93. The molecule has 6 heteroatoms. The highest BCUT2D eigenvalue weighted by Crippen LogP contribution is 2.25. The summed E-state index contributed by atoms with van der Waals surface area (Å²) in [5.41, 5.74) is 0.307. The molecule has 1 unspecified atom stereocenters. The van der Waals surface area contributed by atoms with Crippen LogP contribution < -0.4 is 10.1 Å². The quantitative estimate of drug-likeness (QED) is 0.886. The van der Waals surface area contributed by atoms with Crippen LogP contribution in [0, 0.1) is 5.82 Å². The van der Waals surface area contributed by atoms with Gasteiger partial charge in [-0.05, 0) is 25.1 Å². The molecule has 0 aromatic heterocycles. The van der Waals surface area contributed by atoms with Gasteiger partial charge in [0.25, 0.3) is 5.91 Å². The lowest BCUT2D eigenvalue weighted by Crippen LogP contribution is -2.32. The van der Waals surface area contributed by atoms with Gasteiger partial charge < -0.3 is 10.1 Å². The molecule has 0 radical (unpaired) electrons. The molecule has 1 aromatic rings. The van der Waals surface area contributed by atoms with Gasteiger partial charge >= 0.3 is 6.43 Å². The third kappa shape index (κ3) is 3.37. The monoisotopic (exact) mass is 247 g/mol. The van der Waals surface area contributed by atoms with Crippen LogP contribution in [-0.2, 0) is 4.79 Å². The number of hydrogen-bond acceptors (Lipinski definition) is 2. The van der Waals surface area contributed by atoms with Crippen molar-refractivity contribution in [3.05, 3.63) is 29.6 Å². The number of ether oxygens (including phenoxy) is 1. The SMILES string of the molecule is COc1ccc(F)cc1C(C)NC(=O)C(F)F. The van der Waals surface area contributed by atoms with E-state index in [0.717, 1.165) is 6.07 Å². The van der Waals surface area contributed by atoms with Crippen LogP contribution in [0.1, 0.15) is 18.5 Å². The molecule has 0 aliphatic carbocycles. The lowest BCUT2D eigenvalue weighted by molar-refractivity contribution is -0.132. The highest BCUT2D eigenvalue weighted by atomic mass is 19.3. The minimum absolute atomic E-state index is 0.307. The number of carbonyl (C=O) groups excluding carboxylic acids is 1. The van der Waals surface area contributed by atoms with Crippen LogP contribution >= 0.6 is 0 Å². The lowest BCUT2D eigenvalue weighted by atomic mass is 10.1. The summed E-state index contributed by atoms with van der Waals surface area (Å²) in [6.07, 6.45) is -3.10. The van der Waals surface area contributed by atoms with E-state index in [1.165, 1.54) is 26.2 Å². The summed E-state index contributed by atoms with van der Waals surface area (Å²) in [5, 5.41) is 2.06. The van der Waals surface area contributed by atoms with Crippen LogP contribution in [0.5, 0.6) is 5.75 Å². The molecule has 1 amide bonds. The fourth-order valence-corrected chi connectivity index (χ4v) is 1.40. The molecule has 1 N–H and O–H groups in total. The van der Waals surface area contributed by atoms with Gasteiger partial charge in [0, 0.05) is 5.56 Å². The summed E-state index contributed by atoms with van der Waals surface area (Å²) in [4.78, 5) is 10.8. The van der Waals surface area contributed by atoms with Gasteiger partial charge in [-0.15, -0.1) is 0 Å². The number of alkyl halides is 2. The smallest absolute Gasteiger partial charge is 0.315 e. The largest absolute Gasteiger partial charge is 0.496 e. The molecule has 0 aliphatic rings. The van der Waals surface area contributed by atoms with Crippen LogP contribution in [0.2, 0.25) is 0 Å². The molecule has 0 saturated carbocycles. The highest BCUT2D eigenvalue weighted by molar-refractivity contribution is 5.79. The van der Waals surface area contributed by atoms with E-state index in [1.54, 1.807) is 0 Å². The Kier molecular flexibility index (Phi) is 4.37. The number of methoxy groups -OCH3 is 1. The van der Waals surface area contributed by atoms with Crippen LogP contribution in [-0.4, -0.2) is 19.4 Å². The van der Waals surface area contributed by atoms with Gasteiger partial charge in [-0.1, -0.05) is 0 Å². The standard InChI is InChI=1S/C11H12F3NO2/c1-6(15-11(16)10(13)14)8-5-7(12)3-4-9(8)17-2/h3-6,10H,1-2H3,(H,15,16). The minimum atomic E-state index is -3.10. The second kappa shape index (κ2) is 5.56. The molecular formula is C11H12F3NO2. The van der Waals surface area contributed by atoms with Crippen molar-refractivity contribution < 1.29 is 22.7 Å². The molecule has 0 fully saturated rings. The summed E-state index contributed by atoms with van der Waals surface area (Å²) in [5.74, 6) is -1.60. The van der Waals surface area contributed by atoms with Crippen LogP contribution in [0.4, 0.5) is 13.2 Å². The Bertz CT molecular complexity index is 410. The van der Waals surface area contributed by atoms with Crippen molar-refractivity contribution >= 4 is 5.91 Å². The van der Waals surface area contributed by atoms with Gasteiger partial charge in [0.1, 0.15) is 11.6 Å². The van der Waals surface area contributed by atoms with Crippen molar-refractivity contribution in [1.82, 2.24) is 5.32 Å². The maximum atomic E-state index is 13.0. The number of benzene rings is 1. The average molecular weight is 247 g/mol. The van der Waals surface area contributed by atoms with E-state index in [4.69, 9.17) is 4.74 Å². The summed E-state index contributed by atoms with van der Waals surface area (Å²) in [7, 11) is 1.37. The molecule has 0 spiro atoms. The molecule has 1 aromatic carbocycles. The number of carbonyl (C=O) groups is 1. The Balaban J connectivity index is 2.91. The van der Waals surface area contributed by atoms with E-state index >= 15 is 0 Å². The molecule has 0 aliphatic heterocycles. The fourth-order valence-electron chi connectivity index (χ4n) is 1.40. The van der Waals surface area contributed by atoms with Gasteiger partial charge in [0.05, 0.1) is 13.2 Å². The van der Waals surface area contributed by atoms with Crippen molar-refractivity contribution in [3.63, 3.8) is 0 Å². The summed E-state index contributed by atoms with van der Waals surface area (Å²) in [6.45, 7) is 1.47. The zero-order chi connectivity index (χ0) is 13.0. The Hall–Kier alpha value is -1.72. The first-order valence-electron chi connectivity index (χ1n) is 4.87. The molecule has 0 bridgehead atoms. The average Bonchev–Trinajstić information content (AvgIpc) is 2.28. The van der Waals surface area contributed by atoms with Crippen LogP contribution in [0.3, 0.4) is 0 Å². The first kappa shape index (κ1) is 13.3. The van der Waals surface area contributed by atoms with Crippen molar-refractivity contribution in [2.45, 2.75) is 19.4 Å². The number of amides is 1. The van der Waals surface area contributed by atoms with Gasteiger partial charge in [0.15, 0.2) is 0 Å². The summed E-state index contributed by atoms with van der Waals surface area (Å²) < 4.78 is 42.1. The molecule has 3 nitrogen and oxygen atoms in total. The Morgan fingerprint density at radius 2 is 2.06 bits per heavy atom. The second-order valence-corrected chi connectivity index (χ2v) is 3.42. The van der Waals surface area contributed by atoms with E-state index < -0.39 is 24.2 Å². The normalized spacial score (nSPS) is 12.4. The van der Waals surface area contributed by atoms with Crippen LogP contribution in [0.25, 0.3) is 0 Å². The van der Waals surface area contributed by atoms with Crippen molar-refractivity contribution in [1.29, 1.82) is 0 Å². The van der Waals surface area contributed by atoms with Crippen molar-refractivity contribution in [3.8, 4) is 5.75 Å². The first-order chi connectivity index (χ1) is 7.95. The number of halogens is 3. The van der Waals surface area contributed by atoms with Gasteiger partial charge in [-0.2, -0.15) is 8.78 Å². The predicted octanol–water partition coefficient (Wildman–Crippen LogP) is 2.28. The van der Waals surface area contributed by atoms with Gasteiger partial charge in [-0.25, -0.2) is 4.39 Å². The molecule has 0 saturated heterocycles. The lowest BCUT2D eigenvalue weighted by Gasteiger charge is -2.17. The second-order valence-electron chi connectivity index (χ2n) is 3.42. The van der Waals surface area contributed by atoms with E-state index in [0.29, 0.717) is 11.3 Å². The molecule has 0 heterocycles. The van der Waals surface area contributed by atoms with Crippen molar-refractivity contribution in [2.24, 2.45) is 0 Å². The summed E-state index contributed by atoms with van der Waals surface area (Å²) >= 11 is 0. The number of rotatable bonds is 4. The Morgan fingerprint density at radius 3 is 2.59 bits per heavy atom. The third-order valence-electron chi connectivity index (χ3n) is 2.22. The van der Waals surface area contributed by atoms with E-state index in [2.05, 4.69) is 5.32 Å². The molecule has 17 heavy (non-hydrogen) atoms. The zero-order valence-electron chi connectivity index (χ0n) is 9.34. The van der Waals surface area contributed by atoms with E-state index in [1.807, 2.05) is 0 Å². The third-order valence-corrected chi connectivity index (χ3v) is 2.22. The maximum absolute atomic E-state index is 13.0. The van der Waals surface area contributed by atoms with E-state index in [-0.39, 0.29) is 0 Å².